The highest BCUT2D eigenvalue weighted by Gasteiger charge is 2.25. The quantitative estimate of drug-likeness (QED) is 0.357. The Labute approximate surface area is 201 Å². The fraction of sp³-hybridized carbons (Fsp3) is 0.174. The number of rotatable bonds is 3. The molecular formula is C23H21ClN6O3S. The minimum absolute atomic E-state index is 0.0469. The van der Waals surface area contributed by atoms with Crippen molar-refractivity contribution in [1.29, 1.82) is 0 Å². The van der Waals surface area contributed by atoms with Crippen LogP contribution in [0.3, 0.4) is 0 Å². The first-order valence-corrected chi connectivity index (χ1v) is 12.4. The van der Waals surface area contributed by atoms with Crippen LogP contribution in [0.15, 0.2) is 58.1 Å². The zero-order valence-corrected chi connectivity index (χ0v) is 20.0. The molecule has 0 fully saturated rings. The van der Waals surface area contributed by atoms with Crippen molar-refractivity contribution < 1.29 is 12.9 Å². The molecular weight excluding hydrogens is 476 g/mol. The summed E-state index contributed by atoms with van der Waals surface area (Å²) in [5.41, 5.74) is 4.23. The van der Waals surface area contributed by atoms with E-state index in [9.17, 15) is 8.42 Å². The molecule has 0 spiro atoms. The molecule has 34 heavy (non-hydrogen) atoms. The molecule has 0 unspecified atom stereocenters. The van der Waals surface area contributed by atoms with Crippen molar-refractivity contribution in [1.82, 2.24) is 15.1 Å². The van der Waals surface area contributed by atoms with Crippen molar-refractivity contribution >= 4 is 50.5 Å². The molecule has 0 aliphatic carbocycles. The highest BCUT2D eigenvalue weighted by molar-refractivity contribution is 7.92. The van der Waals surface area contributed by atoms with Crippen LogP contribution in [-0.2, 0) is 22.9 Å². The standard InChI is InChI=1S/C23H21ClN6O3S/c1-13-21(14(2)33-29-13)34(31,32)30-20-9-8-18-11-16(20)7-6-15-4-3-5-17(10-15)27-23-25-12-19(24)22(26-18)28-23/h3-5,8-12,30H,6-7H2,1-2H3,(H2,25,26,27,28). The minimum Gasteiger partial charge on any atom is -0.360 e. The average Bonchev–Trinajstić information content (AvgIpc) is 3.14. The summed E-state index contributed by atoms with van der Waals surface area (Å²) in [4.78, 5) is 8.78. The van der Waals surface area contributed by atoms with Gasteiger partial charge in [0.15, 0.2) is 16.5 Å². The summed E-state index contributed by atoms with van der Waals surface area (Å²) in [6.07, 6.45) is 2.81. The van der Waals surface area contributed by atoms with Gasteiger partial charge in [-0.25, -0.2) is 13.4 Å². The third-order valence-electron chi connectivity index (χ3n) is 5.46. The van der Waals surface area contributed by atoms with Crippen molar-refractivity contribution in [3.8, 4) is 0 Å². The second-order valence-corrected chi connectivity index (χ2v) is 10.00. The summed E-state index contributed by atoms with van der Waals surface area (Å²) in [6.45, 7) is 3.17. The number of anilines is 5. The summed E-state index contributed by atoms with van der Waals surface area (Å²) >= 11 is 6.32. The van der Waals surface area contributed by atoms with Crippen LogP contribution >= 0.6 is 11.6 Å². The molecule has 174 valence electrons. The van der Waals surface area contributed by atoms with Gasteiger partial charge < -0.3 is 15.2 Å². The number of fused-ring (bicyclic) bond motifs is 6. The van der Waals surface area contributed by atoms with Crippen molar-refractivity contribution in [2.24, 2.45) is 0 Å². The van der Waals surface area contributed by atoms with E-state index in [0.29, 0.717) is 46.7 Å². The van der Waals surface area contributed by atoms with E-state index in [1.54, 1.807) is 26.0 Å². The molecule has 0 radical (unpaired) electrons. The molecule has 0 saturated carbocycles. The van der Waals surface area contributed by atoms with Gasteiger partial charge in [0, 0.05) is 11.4 Å². The van der Waals surface area contributed by atoms with Gasteiger partial charge in [-0.2, -0.15) is 4.98 Å². The maximum Gasteiger partial charge on any atom is 0.267 e. The number of aryl methyl sites for hydroxylation is 4. The van der Waals surface area contributed by atoms with Crippen LogP contribution in [0.1, 0.15) is 22.6 Å². The van der Waals surface area contributed by atoms with E-state index >= 15 is 0 Å². The topological polar surface area (TPSA) is 122 Å². The van der Waals surface area contributed by atoms with Crippen LogP contribution in [0.25, 0.3) is 0 Å². The Morgan fingerprint density at radius 3 is 2.68 bits per heavy atom. The molecule has 5 rings (SSSR count). The summed E-state index contributed by atoms with van der Waals surface area (Å²) in [6, 6.07) is 13.3. The lowest BCUT2D eigenvalue weighted by molar-refractivity contribution is 0.390. The van der Waals surface area contributed by atoms with Crippen LogP contribution in [0.4, 0.5) is 28.8 Å². The van der Waals surface area contributed by atoms with Gasteiger partial charge >= 0.3 is 0 Å². The molecule has 6 bridgehead atoms. The van der Waals surface area contributed by atoms with Crippen molar-refractivity contribution in [3.63, 3.8) is 0 Å². The SMILES string of the molecule is Cc1noc(C)c1S(=O)(=O)Nc1ccc2cc1CCc1cccc(c1)Nc1ncc(Cl)c(n1)N2. The van der Waals surface area contributed by atoms with Gasteiger partial charge in [-0.3, -0.25) is 4.72 Å². The highest BCUT2D eigenvalue weighted by atomic mass is 35.5. The highest BCUT2D eigenvalue weighted by Crippen LogP contribution is 2.31. The van der Waals surface area contributed by atoms with E-state index in [0.717, 1.165) is 16.8 Å². The molecule has 2 aromatic carbocycles. The van der Waals surface area contributed by atoms with Gasteiger partial charge in [-0.15, -0.1) is 0 Å². The van der Waals surface area contributed by atoms with Gasteiger partial charge in [-0.1, -0.05) is 28.9 Å². The Balaban J connectivity index is 1.57. The predicted molar refractivity (Wildman–Crippen MR) is 131 cm³/mol. The number of hydrogen-bond acceptors (Lipinski definition) is 8. The molecule has 1 aliphatic heterocycles. The van der Waals surface area contributed by atoms with Gasteiger partial charge in [-0.05, 0) is 68.1 Å². The molecule has 0 amide bonds. The fourth-order valence-corrected chi connectivity index (χ4v) is 5.47. The Morgan fingerprint density at radius 2 is 1.88 bits per heavy atom. The molecule has 3 N–H and O–H groups in total. The molecule has 11 heteroatoms. The monoisotopic (exact) mass is 496 g/mol. The Morgan fingerprint density at radius 1 is 1.06 bits per heavy atom. The predicted octanol–water partition coefficient (Wildman–Crippen LogP) is 5.12. The molecule has 0 saturated heterocycles. The minimum atomic E-state index is -3.89. The molecule has 9 nitrogen and oxygen atoms in total. The van der Waals surface area contributed by atoms with E-state index in [2.05, 4.69) is 30.5 Å². The number of aromatic nitrogens is 3. The van der Waals surface area contributed by atoms with Crippen molar-refractivity contribution in [2.45, 2.75) is 31.6 Å². The number of nitrogens with one attached hydrogen (secondary N) is 3. The number of nitrogens with zero attached hydrogens (tertiary/aromatic N) is 3. The fourth-order valence-electron chi connectivity index (χ4n) is 3.90. The Kier molecular flexibility index (Phi) is 5.62. The van der Waals surface area contributed by atoms with Gasteiger partial charge in [0.25, 0.3) is 10.0 Å². The molecule has 4 aromatic rings. The van der Waals surface area contributed by atoms with E-state index in [1.165, 1.54) is 6.20 Å². The van der Waals surface area contributed by atoms with Crippen LogP contribution in [0, 0.1) is 13.8 Å². The van der Waals surface area contributed by atoms with E-state index in [1.807, 2.05) is 30.3 Å². The van der Waals surface area contributed by atoms with E-state index in [-0.39, 0.29) is 10.7 Å². The molecule has 2 aromatic heterocycles. The summed E-state index contributed by atoms with van der Waals surface area (Å²) in [5, 5.41) is 10.5. The summed E-state index contributed by atoms with van der Waals surface area (Å²) < 4.78 is 34.0. The number of benzene rings is 2. The maximum atomic E-state index is 13.1. The lowest BCUT2D eigenvalue weighted by Crippen LogP contribution is -2.16. The van der Waals surface area contributed by atoms with E-state index in [4.69, 9.17) is 16.1 Å². The van der Waals surface area contributed by atoms with Crippen LogP contribution in [0.2, 0.25) is 5.02 Å². The van der Waals surface area contributed by atoms with Crippen molar-refractivity contribution in [2.75, 3.05) is 15.4 Å². The normalized spacial score (nSPS) is 13.0. The smallest absolute Gasteiger partial charge is 0.267 e. The average molecular weight is 497 g/mol. The summed E-state index contributed by atoms with van der Waals surface area (Å²) in [5.74, 6) is 1.08. The zero-order chi connectivity index (χ0) is 23.9. The van der Waals surface area contributed by atoms with Crippen LogP contribution < -0.4 is 15.4 Å². The lowest BCUT2D eigenvalue weighted by atomic mass is 10.0. The van der Waals surface area contributed by atoms with Crippen LogP contribution in [-0.4, -0.2) is 23.5 Å². The van der Waals surface area contributed by atoms with Gasteiger partial charge in [0.2, 0.25) is 5.95 Å². The first-order valence-electron chi connectivity index (χ1n) is 10.5. The number of halogens is 1. The van der Waals surface area contributed by atoms with Gasteiger partial charge in [0.05, 0.1) is 11.9 Å². The summed E-state index contributed by atoms with van der Waals surface area (Å²) in [7, 11) is -3.89. The largest absolute Gasteiger partial charge is 0.360 e. The second-order valence-electron chi connectivity index (χ2n) is 7.97. The maximum absolute atomic E-state index is 13.1. The van der Waals surface area contributed by atoms with Gasteiger partial charge in [0.1, 0.15) is 10.7 Å². The van der Waals surface area contributed by atoms with E-state index < -0.39 is 10.0 Å². The van der Waals surface area contributed by atoms with Crippen LogP contribution in [0.5, 0.6) is 0 Å². The molecule has 1 aliphatic rings. The number of sulfonamides is 1. The zero-order valence-electron chi connectivity index (χ0n) is 18.4. The second kappa shape index (κ2) is 8.62. The third kappa shape index (κ3) is 4.42. The third-order valence-corrected chi connectivity index (χ3v) is 7.34. The lowest BCUT2D eigenvalue weighted by Gasteiger charge is -2.15. The van der Waals surface area contributed by atoms with Crippen molar-refractivity contribution in [3.05, 3.63) is 76.3 Å². The Bertz CT molecular complexity index is 1480. The number of hydrogen-bond donors (Lipinski definition) is 3. The molecule has 3 heterocycles. The first-order chi connectivity index (χ1) is 16.3. The first kappa shape index (κ1) is 22.2. The molecule has 0 atom stereocenters. The Hall–Kier alpha value is -3.63.